The highest BCUT2D eigenvalue weighted by atomic mass is 19.4. The number of hydrogen-bond donors (Lipinski definition) is 0. The predicted octanol–water partition coefficient (Wildman–Crippen LogP) is 4.24. The highest BCUT2D eigenvalue weighted by Crippen LogP contribution is 2.37. The molecule has 0 aromatic carbocycles. The standard InChI is InChI=1S/C22H24F3N5O2/c23-22(24,25)19-7-9-27-30(19)15-3-5-16(6-4-15)32-21-17-2-1-8-26-18(17)14-20(28-21)29-10-12-31-13-11-29/h1-2,7-9,14-16H,3-6,10-13H2. The normalized spacial score (nSPS) is 22.3. The second-order valence-electron chi connectivity index (χ2n) is 8.16. The third-order valence-corrected chi connectivity index (χ3v) is 6.11. The molecule has 1 saturated heterocycles. The lowest BCUT2D eigenvalue weighted by molar-refractivity contribution is -0.145. The van der Waals surface area contributed by atoms with Gasteiger partial charge < -0.3 is 14.4 Å². The summed E-state index contributed by atoms with van der Waals surface area (Å²) >= 11 is 0. The average Bonchev–Trinajstić information content (AvgIpc) is 3.31. The molecule has 2 fully saturated rings. The van der Waals surface area contributed by atoms with Gasteiger partial charge >= 0.3 is 6.18 Å². The number of rotatable bonds is 4. The first-order valence-electron chi connectivity index (χ1n) is 10.8. The van der Waals surface area contributed by atoms with Gasteiger partial charge in [0.1, 0.15) is 17.6 Å². The van der Waals surface area contributed by atoms with Crippen LogP contribution in [0.3, 0.4) is 0 Å². The zero-order valence-electron chi connectivity index (χ0n) is 17.5. The monoisotopic (exact) mass is 447 g/mol. The van der Waals surface area contributed by atoms with Crippen LogP contribution in [0.5, 0.6) is 5.88 Å². The van der Waals surface area contributed by atoms with Gasteiger partial charge in [-0.3, -0.25) is 9.67 Å². The second-order valence-corrected chi connectivity index (χ2v) is 8.16. The summed E-state index contributed by atoms with van der Waals surface area (Å²) in [6.07, 6.45) is 0.823. The lowest BCUT2D eigenvalue weighted by Gasteiger charge is -2.31. The number of nitrogens with zero attached hydrogens (tertiary/aromatic N) is 5. The highest BCUT2D eigenvalue weighted by molar-refractivity contribution is 5.85. The first-order chi connectivity index (χ1) is 15.5. The molecule has 0 amide bonds. The summed E-state index contributed by atoms with van der Waals surface area (Å²) in [6, 6.07) is 6.48. The molecule has 0 spiro atoms. The van der Waals surface area contributed by atoms with Crippen LogP contribution in [0.4, 0.5) is 19.0 Å². The van der Waals surface area contributed by atoms with E-state index >= 15 is 0 Å². The van der Waals surface area contributed by atoms with E-state index in [4.69, 9.17) is 14.5 Å². The van der Waals surface area contributed by atoms with Crippen LogP contribution >= 0.6 is 0 Å². The van der Waals surface area contributed by atoms with Gasteiger partial charge in [0.15, 0.2) is 0 Å². The molecule has 0 unspecified atom stereocenters. The van der Waals surface area contributed by atoms with E-state index in [1.54, 1.807) is 6.20 Å². The van der Waals surface area contributed by atoms with Crippen molar-refractivity contribution in [2.45, 2.75) is 44.0 Å². The maximum absolute atomic E-state index is 13.2. The molecule has 2 aliphatic rings. The van der Waals surface area contributed by atoms with Crippen LogP contribution in [0, 0.1) is 0 Å². The van der Waals surface area contributed by atoms with Gasteiger partial charge in [0.05, 0.1) is 30.2 Å². The maximum atomic E-state index is 13.2. The van der Waals surface area contributed by atoms with E-state index in [2.05, 4.69) is 15.0 Å². The van der Waals surface area contributed by atoms with Gasteiger partial charge in [0, 0.05) is 31.5 Å². The van der Waals surface area contributed by atoms with Crippen molar-refractivity contribution in [3.05, 3.63) is 42.4 Å². The smallest absolute Gasteiger partial charge is 0.433 e. The zero-order chi connectivity index (χ0) is 22.1. The Morgan fingerprint density at radius 3 is 2.56 bits per heavy atom. The molecule has 0 atom stereocenters. The molecule has 0 N–H and O–H groups in total. The Balaban J connectivity index is 1.33. The van der Waals surface area contributed by atoms with Gasteiger partial charge in [0.25, 0.3) is 0 Å². The van der Waals surface area contributed by atoms with E-state index in [-0.39, 0.29) is 12.1 Å². The third kappa shape index (κ3) is 4.23. The molecule has 3 aromatic rings. The number of morpholine rings is 1. The van der Waals surface area contributed by atoms with Crippen molar-refractivity contribution in [2.24, 2.45) is 0 Å². The molecule has 4 heterocycles. The lowest BCUT2D eigenvalue weighted by atomic mass is 9.93. The van der Waals surface area contributed by atoms with Crippen LogP contribution in [0.15, 0.2) is 36.7 Å². The first-order valence-corrected chi connectivity index (χ1v) is 10.8. The Bertz CT molecular complexity index is 1070. The van der Waals surface area contributed by atoms with Crippen molar-refractivity contribution in [1.29, 1.82) is 0 Å². The van der Waals surface area contributed by atoms with Crippen molar-refractivity contribution >= 4 is 16.7 Å². The van der Waals surface area contributed by atoms with Crippen molar-refractivity contribution < 1.29 is 22.6 Å². The summed E-state index contributed by atoms with van der Waals surface area (Å²) in [4.78, 5) is 11.4. The van der Waals surface area contributed by atoms with Gasteiger partial charge in [-0.25, -0.2) is 0 Å². The van der Waals surface area contributed by atoms with Crippen LogP contribution < -0.4 is 9.64 Å². The quantitative estimate of drug-likeness (QED) is 0.596. The van der Waals surface area contributed by atoms with E-state index in [1.165, 1.54) is 6.20 Å². The molecule has 3 aromatic heterocycles. The van der Waals surface area contributed by atoms with E-state index < -0.39 is 11.9 Å². The minimum absolute atomic E-state index is 0.119. The van der Waals surface area contributed by atoms with Crippen LogP contribution in [-0.4, -0.2) is 52.2 Å². The SMILES string of the molecule is FC(F)(F)c1ccnn1C1CCC(Oc2nc(N3CCOCC3)cc3ncccc23)CC1. The fourth-order valence-corrected chi connectivity index (χ4v) is 4.47. The van der Waals surface area contributed by atoms with Gasteiger partial charge in [-0.2, -0.15) is 23.3 Å². The van der Waals surface area contributed by atoms with Crippen LogP contribution in [-0.2, 0) is 10.9 Å². The Morgan fingerprint density at radius 1 is 1.03 bits per heavy atom. The topological polar surface area (TPSA) is 65.3 Å². The molecule has 1 saturated carbocycles. The minimum Gasteiger partial charge on any atom is -0.474 e. The fraction of sp³-hybridized carbons (Fsp3) is 0.500. The number of ether oxygens (including phenoxy) is 2. The largest absolute Gasteiger partial charge is 0.474 e. The first kappa shape index (κ1) is 21.0. The molecule has 32 heavy (non-hydrogen) atoms. The molecule has 7 nitrogen and oxygen atoms in total. The predicted molar refractivity (Wildman–Crippen MR) is 112 cm³/mol. The number of pyridine rings is 2. The second kappa shape index (κ2) is 8.57. The van der Waals surface area contributed by atoms with Gasteiger partial charge in [-0.1, -0.05) is 0 Å². The summed E-state index contributed by atoms with van der Waals surface area (Å²) in [6.45, 7) is 2.80. The molecule has 1 aliphatic carbocycles. The summed E-state index contributed by atoms with van der Waals surface area (Å²) in [7, 11) is 0. The Labute approximate surface area is 183 Å². The Kier molecular flexibility index (Phi) is 5.62. The lowest BCUT2D eigenvalue weighted by Crippen LogP contribution is -2.36. The number of halogens is 3. The molecule has 170 valence electrons. The Morgan fingerprint density at radius 2 is 1.81 bits per heavy atom. The minimum atomic E-state index is -4.40. The van der Waals surface area contributed by atoms with Crippen molar-refractivity contribution in [3.63, 3.8) is 0 Å². The summed E-state index contributed by atoms with van der Waals surface area (Å²) in [5.74, 6) is 1.32. The van der Waals surface area contributed by atoms with Crippen molar-refractivity contribution in [1.82, 2.24) is 19.7 Å². The molecule has 0 radical (unpaired) electrons. The van der Waals surface area contributed by atoms with E-state index in [0.29, 0.717) is 44.8 Å². The number of anilines is 1. The number of alkyl halides is 3. The molecule has 5 rings (SSSR count). The van der Waals surface area contributed by atoms with Gasteiger partial charge in [-0.05, 0) is 43.9 Å². The molecule has 1 aliphatic heterocycles. The molecular weight excluding hydrogens is 423 g/mol. The number of aromatic nitrogens is 4. The molecule has 0 bridgehead atoms. The van der Waals surface area contributed by atoms with Crippen molar-refractivity contribution in [2.75, 3.05) is 31.2 Å². The van der Waals surface area contributed by atoms with Crippen molar-refractivity contribution in [3.8, 4) is 5.88 Å². The maximum Gasteiger partial charge on any atom is 0.433 e. The van der Waals surface area contributed by atoms with E-state index in [0.717, 1.165) is 40.6 Å². The summed E-state index contributed by atoms with van der Waals surface area (Å²) < 4.78 is 52.5. The van der Waals surface area contributed by atoms with Gasteiger partial charge in [0.2, 0.25) is 5.88 Å². The number of fused-ring (bicyclic) bond motifs is 1. The molecular formula is C22H24F3N5O2. The fourth-order valence-electron chi connectivity index (χ4n) is 4.47. The van der Waals surface area contributed by atoms with Crippen LogP contribution in [0.2, 0.25) is 0 Å². The van der Waals surface area contributed by atoms with Gasteiger partial charge in [-0.15, -0.1) is 0 Å². The zero-order valence-corrected chi connectivity index (χ0v) is 17.5. The number of hydrogen-bond acceptors (Lipinski definition) is 6. The molecule has 10 heteroatoms. The van der Waals surface area contributed by atoms with E-state index in [9.17, 15) is 13.2 Å². The third-order valence-electron chi connectivity index (χ3n) is 6.11. The summed E-state index contributed by atoms with van der Waals surface area (Å²) in [5, 5.41) is 4.77. The summed E-state index contributed by atoms with van der Waals surface area (Å²) in [5.41, 5.74) is 0.109. The van der Waals surface area contributed by atoms with Crippen LogP contribution in [0.1, 0.15) is 37.4 Å². The van der Waals surface area contributed by atoms with E-state index in [1.807, 2.05) is 18.2 Å². The van der Waals surface area contributed by atoms with Crippen LogP contribution in [0.25, 0.3) is 10.9 Å². The highest BCUT2D eigenvalue weighted by Gasteiger charge is 2.37. The average molecular weight is 447 g/mol. The Hall–Kier alpha value is -2.88.